The minimum Gasteiger partial charge on any atom is -0.462 e. The third-order valence-electron chi connectivity index (χ3n) is 15.0. The van der Waals surface area contributed by atoms with Gasteiger partial charge in [0.2, 0.25) is 0 Å². The van der Waals surface area contributed by atoms with Gasteiger partial charge in [0.15, 0.2) is 6.10 Å². The van der Waals surface area contributed by atoms with Crippen LogP contribution in [0.5, 0.6) is 0 Å². The molecule has 76 heavy (non-hydrogen) atoms. The summed E-state index contributed by atoms with van der Waals surface area (Å²) in [5.41, 5.74) is 0. The van der Waals surface area contributed by atoms with E-state index < -0.39 is 6.10 Å². The van der Waals surface area contributed by atoms with Gasteiger partial charge in [0, 0.05) is 19.3 Å². The first-order valence-electron chi connectivity index (χ1n) is 33.6. The fraction of sp³-hybridized carbons (Fsp3) is 0.843. The summed E-state index contributed by atoms with van der Waals surface area (Å²) in [6, 6.07) is 0. The lowest BCUT2D eigenvalue weighted by atomic mass is 10.0. The lowest BCUT2D eigenvalue weighted by Gasteiger charge is -2.18. The van der Waals surface area contributed by atoms with Crippen molar-refractivity contribution in [3.05, 3.63) is 48.6 Å². The Morgan fingerprint density at radius 1 is 0.263 bits per heavy atom. The molecule has 0 N–H and O–H groups in total. The zero-order valence-corrected chi connectivity index (χ0v) is 51.0. The smallest absolute Gasteiger partial charge is 0.306 e. The summed E-state index contributed by atoms with van der Waals surface area (Å²) in [7, 11) is 0. The van der Waals surface area contributed by atoms with Crippen LogP contribution in [0.1, 0.15) is 361 Å². The molecule has 0 aliphatic heterocycles. The van der Waals surface area contributed by atoms with Crippen molar-refractivity contribution in [2.75, 3.05) is 13.2 Å². The second kappa shape index (κ2) is 64.9. The van der Waals surface area contributed by atoms with Crippen LogP contribution < -0.4 is 0 Å². The van der Waals surface area contributed by atoms with E-state index in [9.17, 15) is 14.4 Å². The molecule has 0 aromatic carbocycles. The molecule has 6 nitrogen and oxygen atoms in total. The van der Waals surface area contributed by atoms with E-state index >= 15 is 0 Å². The Kier molecular flexibility index (Phi) is 62.6. The van der Waals surface area contributed by atoms with Crippen molar-refractivity contribution in [2.24, 2.45) is 0 Å². The molecule has 0 saturated heterocycles. The highest BCUT2D eigenvalue weighted by atomic mass is 16.6. The molecule has 0 amide bonds. The van der Waals surface area contributed by atoms with E-state index in [-0.39, 0.29) is 31.1 Å². The number of carbonyl (C=O) groups is 3. The van der Waals surface area contributed by atoms with Crippen LogP contribution in [-0.4, -0.2) is 37.2 Å². The Balaban J connectivity index is 4.11. The van der Waals surface area contributed by atoms with E-state index in [0.717, 1.165) is 89.9 Å². The lowest BCUT2D eigenvalue weighted by Crippen LogP contribution is -2.30. The van der Waals surface area contributed by atoms with Crippen molar-refractivity contribution in [3.8, 4) is 0 Å². The first-order chi connectivity index (χ1) is 37.5. The minimum absolute atomic E-state index is 0.0725. The zero-order valence-electron chi connectivity index (χ0n) is 51.0. The second-order valence-corrected chi connectivity index (χ2v) is 22.7. The summed E-state index contributed by atoms with van der Waals surface area (Å²) in [6.07, 6.45) is 81.4. The molecule has 1 atom stereocenters. The average Bonchev–Trinajstić information content (AvgIpc) is 3.42. The van der Waals surface area contributed by atoms with Crippen molar-refractivity contribution >= 4 is 17.9 Å². The molecule has 0 aliphatic carbocycles. The number of allylic oxidation sites excluding steroid dienone is 8. The second-order valence-electron chi connectivity index (χ2n) is 22.7. The van der Waals surface area contributed by atoms with E-state index in [2.05, 4.69) is 69.4 Å². The van der Waals surface area contributed by atoms with Crippen LogP contribution in [0.15, 0.2) is 48.6 Å². The van der Waals surface area contributed by atoms with Crippen molar-refractivity contribution in [1.82, 2.24) is 0 Å². The summed E-state index contributed by atoms with van der Waals surface area (Å²) in [5, 5.41) is 0. The highest BCUT2D eigenvalue weighted by Crippen LogP contribution is 2.18. The summed E-state index contributed by atoms with van der Waals surface area (Å²) in [6.45, 7) is 6.60. The summed E-state index contributed by atoms with van der Waals surface area (Å²) >= 11 is 0. The van der Waals surface area contributed by atoms with Gasteiger partial charge >= 0.3 is 17.9 Å². The largest absolute Gasteiger partial charge is 0.462 e. The van der Waals surface area contributed by atoms with Gasteiger partial charge < -0.3 is 14.2 Å². The van der Waals surface area contributed by atoms with Gasteiger partial charge in [-0.15, -0.1) is 0 Å². The summed E-state index contributed by atoms with van der Waals surface area (Å²) in [5.74, 6) is -0.865. The summed E-state index contributed by atoms with van der Waals surface area (Å²) < 4.78 is 16.9. The Hall–Kier alpha value is -2.63. The van der Waals surface area contributed by atoms with Gasteiger partial charge in [-0.05, 0) is 77.0 Å². The minimum atomic E-state index is -0.775. The number of rotatable bonds is 62. The Morgan fingerprint density at radius 2 is 0.500 bits per heavy atom. The normalized spacial score (nSPS) is 12.3. The SMILES string of the molecule is CCC/C=C\C/C=C\CCCCCCCC(=O)OCC(COC(=O)CCCCCCCCCCCCCCCCCCCCC/C=C\C/C=C\CCCCCCC)OC(=O)CCCCCCCCCCCCCCCC. The molecule has 0 spiro atoms. The van der Waals surface area contributed by atoms with Crippen molar-refractivity contribution < 1.29 is 28.6 Å². The molecular formula is C70H128O6. The number of hydrogen-bond donors (Lipinski definition) is 0. The molecule has 1 unspecified atom stereocenters. The van der Waals surface area contributed by atoms with Crippen molar-refractivity contribution in [1.29, 1.82) is 0 Å². The standard InChI is InChI=1S/C70H128O6/c1-4-7-10-13-16-19-22-25-27-28-29-30-31-32-33-34-35-36-37-38-39-40-41-42-43-46-48-51-54-57-60-63-69(72)75-66-67(65-74-68(71)62-59-56-53-50-47-44-24-21-18-15-12-9-6-3)76-70(73)64-61-58-55-52-49-45-26-23-20-17-14-11-8-5-2/h12,15,21-22,24-25,28-29,67H,4-11,13-14,16-20,23,26-27,30-66H2,1-3H3/b15-12-,24-21-,25-22-,29-28-. The number of esters is 3. The maximum absolute atomic E-state index is 12.9. The Bertz CT molecular complexity index is 1310. The van der Waals surface area contributed by atoms with E-state index in [1.54, 1.807) is 0 Å². The van der Waals surface area contributed by atoms with Crippen LogP contribution in [0.4, 0.5) is 0 Å². The number of unbranched alkanes of at least 4 members (excludes halogenated alkanes) is 43. The van der Waals surface area contributed by atoms with Crippen LogP contribution in [0.2, 0.25) is 0 Å². The van der Waals surface area contributed by atoms with Gasteiger partial charge in [0.05, 0.1) is 0 Å². The monoisotopic (exact) mass is 1060 g/mol. The van der Waals surface area contributed by atoms with Crippen LogP contribution in [0.3, 0.4) is 0 Å². The third kappa shape index (κ3) is 62.2. The van der Waals surface area contributed by atoms with E-state index in [1.165, 1.54) is 231 Å². The van der Waals surface area contributed by atoms with E-state index in [4.69, 9.17) is 14.2 Å². The molecule has 6 heteroatoms. The van der Waals surface area contributed by atoms with Crippen molar-refractivity contribution in [2.45, 2.75) is 367 Å². The first-order valence-corrected chi connectivity index (χ1v) is 33.6. The van der Waals surface area contributed by atoms with Crippen LogP contribution >= 0.6 is 0 Å². The predicted octanol–water partition coefficient (Wildman–Crippen LogP) is 22.9. The molecule has 0 aromatic rings. The van der Waals surface area contributed by atoms with Gasteiger partial charge in [-0.3, -0.25) is 14.4 Å². The maximum atomic E-state index is 12.9. The van der Waals surface area contributed by atoms with Crippen LogP contribution in [0.25, 0.3) is 0 Å². The van der Waals surface area contributed by atoms with Crippen molar-refractivity contribution in [3.63, 3.8) is 0 Å². The number of ether oxygens (including phenoxy) is 3. The van der Waals surface area contributed by atoms with Crippen LogP contribution in [0, 0.1) is 0 Å². The topological polar surface area (TPSA) is 78.9 Å². The van der Waals surface area contributed by atoms with Gasteiger partial charge in [-0.25, -0.2) is 0 Å². The molecule has 0 heterocycles. The Labute approximate surface area is 473 Å². The predicted molar refractivity (Wildman–Crippen MR) is 330 cm³/mol. The van der Waals surface area contributed by atoms with Gasteiger partial charge in [0.1, 0.15) is 13.2 Å². The first kappa shape index (κ1) is 73.4. The molecule has 444 valence electrons. The van der Waals surface area contributed by atoms with Crippen LogP contribution in [-0.2, 0) is 28.6 Å². The maximum Gasteiger partial charge on any atom is 0.306 e. The van der Waals surface area contributed by atoms with E-state index in [1.807, 2.05) is 0 Å². The number of carbonyl (C=O) groups excluding carboxylic acids is 3. The molecule has 0 fully saturated rings. The average molecular weight is 1070 g/mol. The molecular weight excluding hydrogens is 937 g/mol. The Morgan fingerprint density at radius 3 is 0.776 bits per heavy atom. The molecule has 0 bridgehead atoms. The molecule has 0 rings (SSSR count). The highest BCUT2D eigenvalue weighted by molar-refractivity contribution is 5.71. The van der Waals surface area contributed by atoms with Gasteiger partial charge in [-0.1, -0.05) is 313 Å². The molecule has 0 saturated carbocycles. The van der Waals surface area contributed by atoms with Gasteiger partial charge in [0.25, 0.3) is 0 Å². The number of hydrogen-bond acceptors (Lipinski definition) is 6. The highest BCUT2D eigenvalue weighted by Gasteiger charge is 2.19. The van der Waals surface area contributed by atoms with Gasteiger partial charge in [-0.2, -0.15) is 0 Å². The molecule has 0 radical (unpaired) electrons. The zero-order chi connectivity index (χ0) is 55.0. The quantitative estimate of drug-likeness (QED) is 0.0261. The third-order valence-corrected chi connectivity index (χ3v) is 15.0. The molecule has 0 aromatic heterocycles. The molecule has 0 aliphatic rings. The fourth-order valence-corrected chi connectivity index (χ4v) is 9.99. The summed E-state index contributed by atoms with van der Waals surface area (Å²) in [4.78, 5) is 38.3. The lowest BCUT2D eigenvalue weighted by molar-refractivity contribution is -0.167. The fourth-order valence-electron chi connectivity index (χ4n) is 9.99. The van der Waals surface area contributed by atoms with E-state index in [0.29, 0.717) is 19.3 Å².